The monoisotopic (exact) mass is 604 g/mol. The molecule has 2 heterocycles. The first-order valence-corrected chi connectivity index (χ1v) is 14.7. The van der Waals surface area contributed by atoms with Gasteiger partial charge >= 0.3 is 35.9 Å². The lowest BCUT2D eigenvalue weighted by Gasteiger charge is -2.56. The Morgan fingerprint density at radius 3 is 1.93 bits per heavy atom. The van der Waals surface area contributed by atoms with Gasteiger partial charge in [-0.1, -0.05) is 0 Å². The van der Waals surface area contributed by atoms with E-state index in [1.54, 1.807) is 0 Å². The Morgan fingerprint density at radius 1 is 0.925 bits per heavy atom. The summed E-state index contributed by atoms with van der Waals surface area (Å²) in [5.74, 6) is -13.4. The molecule has 8 rings (SSSR count). The van der Waals surface area contributed by atoms with Crippen molar-refractivity contribution in [2.45, 2.75) is 75.1 Å². The molecule has 16 heteroatoms. The summed E-state index contributed by atoms with van der Waals surface area (Å²) in [6.07, 6.45) is -8.44. The van der Waals surface area contributed by atoms with E-state index in [0.29, 0.717) is 37.0 Å². The van der Waals surface area contributed by atoms with E-state index in [2.05, 4.69) is 4.74 Å². The maximum atomic E-state index is 13.8. The Morgan fingerprint density at radius 2 is 1.45 bits per heavy atom. The number of alkyl halides is 6. The average Bonchev–Trinajstić information content (AvgIpc) is 3.28. The second-order valence-electron chi connectivity index (χ2n) is 12.6. The molecular weight excluding hydrogens is 578 g/mol. The van der Waals surface area contributed by atoms with Gasteiger partial charge in [0.15, 0.2) is 0 Å². The van der Waals surface area contributed by atoms with Crippen molar-refractivity contribution in [1.82, 2.24) is 0 Å². The van der Waals surface area contributed by atoms with E-state index >= 15 is 0 Å². The molecule has 6 saturated carbocycles. The summed E-state index contributed by atoms with van der Waals surface area (Å²) in [6.45, 7) is 0. The van der Waals surface area contributed by atoms with Crippen LogP contribution in [0.3, 0.4) is 0 Å². The predicted octanol–water partition coefficient (Wildman–Crippen LogP) is 3.57. The van der Waals surface area contributed by atoms with Crippen molar-refractivity contribution in [3.05, 3.63) is 0 Å². The van der Waals surface area contributed by atoms with Crippen molar-refractivity contribution < 1.29 is 67.9 Å². The van der Waals surface area contributed by atoms with Gasteiger partial charge in [0.2, 0.25) is 0 Å². The fourth-order valence-corrected chi connectivity index (χ4v) is 9.98. The number of hydrogen-bond donors (Lipinski definition) is 1. The van der Waals surface area contributed by atoms with Crippen LogP contribution in [0.15, 0.2) is 0 Å². The standard InChI is InChI=1S/C24H26F6O9S/c25-23(26,27)22(24(28,29)30,9-40(34,35)36)38-18(32)16-14-4-13-8-21(14,37-17(31)15(13)16)39-19(33)20-5-10-1-11(6-20)3-12(2-10)7-20/h10-16H,1-9H2,(H,34,35,36)/t10?,11?,12?,13?,14-,15?,16?,20?,21?/m1/s1. The molecule has 0 radical (unpaired) electrons. The minimum Gasteiger partial charge on any atom is -0.438 e. The molecule has 2 saturated heterocycles. The van der Waals surface area contributed by atoms with Crippen molar-refractivity contribution in [1.29, 1.82) is 0 Å². The number of carbonyl (C=O) groups is 3. The van der Waals surface area contributed by atoms with Gasteiger partial charge in [-0.05, 0) is 68.6 Å². The molecule has 2 aliphatic heterocycles. The Labute approximate surface area is 224 Å². The van der Waals surface area contributed by atoms with E-state index < -0.39 is 86.6 Å². The molecule has 8 fully saturated rings. The van der Waals surface area contributed by atoms with Gasteiger partial charge < -0.3 is 14.2 Å². The Hall–Kier alpha value is -2.10. The van der Waals surface area contributed by atoms with Gasteiger partial charge in [0.25, 0.3) is 15.9 Å². The van der Waals surface area contributed by atoms with Gasteiger partial charge in [0, 0.05) is 6.42 Å². The lowest BCUT2D eigenvalue weighted by atomic mass is 9.49. The van der Waals surface area contributed by atoms with Crippen LogP contribution in [0.4, 0.5) is 26.3 Å². The first kappa shape index (κ1) is 28.0. The SMILES string of the molecule is O=C1OC2(OC(=O)C34CC5CC(CC(C5)C3)C4)CC3C[C@@H]2C(C(=O)OC(CS(=O)(=O)O)(C(F)(F)F)C(F)(F)F)C13. The Balaban J connectivity index is 1.29. The van der Waals surface area contributed by atoms with E-state index in [9.17, 15) is 49.1 Å². The molecule has 0 aromatic heterocycles. The zero-order valence-electron chi connectivity index (χ0n) is 20.8. The molecule has 0 spiro atoms. The van der Waals surface area contributed by atoms with Gasteiger partial charge in [-0.15, -0.1) is 0 Å². The van der Waals surface area contributed by atoms with Crippen LogP contribution in [0.5, 0.6) is 0 Å². The maximum absolute atomic E-state index is 13.8. The van der Waals surface area contributed by atoms with Crippen LogP contribution in [-0.4, -0.2) is 60.4 Å². The quantitative estimate of drug-likeness (QED) is 0.275. The van der Waals surface area contributed by atoms with Gasteiger partial charge in [0.1, 0.15) is 5.75 Å². The normalized spacial score (nSPS) is 41.8. The average molecular weight is 605 g/mol. The topological polar surface area (TPSA) is 133 Å². The highest BCUT2D eigenvalue weighted by atomic mass is 32.2. The molecule has 8 bridgehead atoms. The van der Waals surface area contributed by atoms with E-state index in [-0.39, 0.29) is 12.8 Å². The van der Waals surface area contributed by atoms with Crippen LogP contribution in [0.1, 0.15) is 51.4 Å². The van der Waals surface area contributed by atoms with Crippen LogP contribution in [0, 0.1) is 46.8 Å². The van der Waals surface area contributed by atoms with E-state index in [0.717, 1.165) is 19.3 Å². The van der Waals surface area contributed by atoms with Crippen molar-refractivity contribution >= 4 is 28.0 Å². The summed E-state index contributed by atoms with van der Waals surface area (Å²) in [6, 6.07) is 0. The van der Waals surface area contributed by atoms with Crippen molar-refractivity contribution in [3.8, 4) is 0 Å². The Bertz CT molecular complexity index is 1210. The highest BCUT2D eigenvalue weighted by Gasteiger charge is 2.79. The fourth-order valence-electron chi connectivity index (χ4n) is 9.08. The van der Waals surface area contributed by atoms with Gasteiger partial charge in [0.05, 0.1) is 23.2 Å². The minimum atomic E-state index is -6.50. The molecule has 224 valence electrons. The largest absolute Gasteiger partial charge is 0.438 e. The first-order valence-electron chi connectivity index (χ1n) is 13.1. The molecule has 0 aromatic rings. The van der Waals surface area contributed by atoms with Gasteiger partial charge in [-0.2, -0.15) is 34.8 Å². The molecular formula is C24H26F6O9S. The minimum absolute atomic E-state index is 0.0618. The Kier molecular flexibility index (Phi) is 5.79. The molecule has 1 N–H and O–H groups in total. The smallest absolute Gasteiger partial charge is 0.438 e. The lowest BCUT2D eigenvalue weighted by molar-refractivity contribution is -0.364. The fraction of sp³-hybridized carbons (Fsp3) is 0.875. The summed E-state index contributed by atoms with van der Waals surface area (Å²) >= 11 is 0. The van der Waals surface area contributed by atoms with E-state index in [1.807, 2.05) is 0 Å². The molecule has 4 unspecified atom stereocenters. The summed E-state index contributed by atoms with van der Waals surface area (Å²) < 4.78 is 129. The number of carbonyl (C=O) groups excluding carboxylic acids is 3. The third-order valence-electron chi connectivity index (χ3n) is 10.1. The highest BCUT2D eigenvalue weighted by molar-refractivity contribution is 7.85. The molecule has 6 aliphatic carbocycles. The molecule has 0 amide bonds. The van der Waals surface area contributed by atoms with Crippen LogP contribution < -0.4 is 0 Å². The summed E-state index contributed by atoms with van der Waals surface area (Å²) in [4.78, 5) is 39.5. The van der Waals surface area contributed by atoms with Gasteiger partial charge in [-0.3, -0.25) is 18.9 Å². The van der Waals surface area contributed by atoms with E-state index in [4.69, 9.17) is 14.0 Å². The second-order valence-corrected chi connectivity index (χ2v) is 14.1. The zero-order chi connectivity index (χ0) is 29.3. The van der Waals surface area contributed by atoms with Crippen molar-refractivity contribution in [3.63, 3.8) is 0 Å². The lowest BCUT2D eigenvalue weighted by Crippen LogP contribution is -2.66. The zero-order valence-corrected chi connectivity index (χ0v) is 21.6. The third kappa shape index (κ3) is 3.97. The van der Waals surface area contributed by atoms with Crippen molar-refractivity contribution in [2.24, 2.45) is 46.8 Å². The molecule has 5 atom stereocenters. The van der Waals surface area contributed by atoms with Crippen LogP contribution >= 0.6 is 0 Å². The summed E-state index contributed by atoms with van der Waals surface area (Å²) in [7, 11) is -5.98. The number of hydrogen-bond acceptors (Lipinski definition) is 8. The molecule has 40 heavy (non-hydrogen) atoms. The van der Waals surface area contributed by atoms with E-state index in [1.165, 1.54) is 0 Å². The number of rotatable bonds is 6. The van der Waals surface area contributed by atoms with Crippen molar-refractivity contribution in [2.75, 3.05) is 5.75 Å². The first-order chi connectivity index (χ1) is 18.3. The number of halogens is 6. The van der Waals surface area contributed by atoms with Gasteiger partial charge in [-0.25, -0.2) is 0 Å². The predicted molar refractivity (Wildman–Crippen MR) is 116 cm³/mol. The highest BCUT2D eigenvalue weighted by Crippen LogP contribution is 2.66. The third-order valence-corrected chi connectivity index (χ3v) is 10.9. The second kappa shape index (κ2) is 8.26. The van der Waals surface area contributed by atoms with Crippen LogP contribution in [0.2, 0.25) is 0 Å². The number of ether oxygens (including phenoxy) is 3. The number of fused-ring (bicyclic) bond motifs is 1. The molecule has 8 aliphatic rings. The van der Waals surface area contributed by atoms with Crippen LogP contribution in [-0.2, 0) is 38.7 Å². The molecule has 0 aromatic carbocycles. The maximum Gasteiger partial charge on any atom is 0.438 e. The molecule has 9 nitrogen and oxygen atoms in total. The number of esters is 3. The van der Waals surface area contributed by atoms with Crippen LogP contribution in [0.25, 0.3) is 0 Å². The summed E-state index contributed by atoms with van der Waals surface area (Å²) in [5.41, 5.74) is -6.43. The summed E-state index contributed by atoms with van der Waals surface area (Å²) in [5, 5.41) is 0.